The molecule has 2 N–H and O–H groups in total. The number of nitrogens with one attached hydrogen (secondary N) is 1. The molecule has 1 aromatic carbocycles. The zero-order chi connectivity index (χ0) is 15.2. The number of benzene rings is 1. The van der Waals surface area contributed by atoms with Gasteiger partial charge in [-0.2, -0.15) is 0 Å². The van der Waals surface area contributed by atoms with Gasteiger partial charge in [0.2, 0.25) is 5.91 Å². The number of nitrogens with zero attached hydrogens (tertiary/aromatic N) is 1. The smallest absolute Gasteiger partial charge is 0.308 e. The number of carbonyl (C=O) groups is 2. The van der Waals surface area contributed by atoms with E-state index >= 15 is 0 Å². The number of aliphatic carboxylic acids is 1. The number of amides is 1. The first kappa shape index (κ1) is 15.5. The van der Waals surface area contributed by atoms with E-state index in [0.717, 1.165) is 6.42 Å². The van der Waals surface area contributed by atoms with Crippen LogP contribution >= 0.6 is 0 Å². The van der Waals surface area contributed by atoms with E-state index in [9.17, 15) is 9.59 Å². The molecule has 0 radical (unpaired) electrons. The molecule has 1 heterocycles. The number of hydrogen-bond acceptors (Lipinski definition) is 3. The van der Waals surface area contributed by atoms with Gasteiger partial charge in [-0.1, -0.05) is 37.3 Å². The fourth-order valence-electron chi connectivity index (χ4n) is 2.77. The first-order chi connectivity index (χ1) is 10.1. The van der Waals surface area contributed by atoms with E-state index in [1.165, 1.54) is 5.56 Å². The molecule has 0 aromatic heterocycles. The minimum Gasteiger partial charge on any atom is -0.481 e. The maximum Gasteiger partial charge on any atom is 0.308 e. The molecule has 21 heavy (non-hydrogen) atoms. The Morgan fingerprint density at radius 1 is 1.29 bits per heavy atom. The molecule has 1 aromatic rings. The molecule has 1 aliphatic rings. The predicted molar refractivity (Wildman–Crippen MR) is 79.9 cm³/mol. The second-order valence-electron chi connectivity index (χ2n) is 5.70. The quantitative estimate of drug-likeness (QED) is 0.820. The lowest BCUT2D eigenvalue weighted by Crippen LogP contribution is -2.37. The van der Waals surface area contributed by atoms with Gasteiger partial charge in [0.05, 0.1) is 12.5 Å². The lowest BCUT2D eigenvalue weighted by molar-refractivity contribution is -0.142. The summed E-state index contributed by atoms with van der Waals surface area (Å²) in [7, 11) is 0. The van der Waals surface area contributed by atoms with Crippen molar-refractivity contribution in [2.24, 2.45) is 11.8 Å². The lowest BCUT2D eigenvalue weighted by atomic mass is 9.99. The zero-order valence-electron chi connectivity index (χ0n) is 12.3. The van der Waals surface area contributed by atoms with Gasteiger partial charge >= 0.3 is 5.97 Å². The number of hydrogen-bond donors (Lipinski definition) is 2. The Morgan fingerprint density at radius 3 is 2.62 bits per heavy atom. The molecule has 0 unspecified atom stereocenters. The summed E-state index contributed by atoms with van der Waals surface area (Å²) in [4.78, 5) is 24.8. The average Bonchev–Trinajstić information content (AvgIpc) is 2.81. The van der Waals surface area contributed by atoms with Gasteiger partial charge in [0.25, 0.3) is 0 Å². The molecule has 0 saturated carbocycles. The average molecular weight is 290 g/mol. The van der Waals surface area contributed by atoms with Crippen molar-refractivity contribution >= 4 is 11.9 Å². The SMILES string of the molecule is C[C@@H]1CN(CC(=O)NCCc2ccccc2)C[C@H]1C(=O)O. The topological polar surface area (TPSA) is 69.6 Å². The van der Waals surface area contributed by atoms with Gasteiger partial charge in [-0.3, -0.25) is 14.5 Å². The Hall–Kier alpha value is -1.88. The molecule has 0 aliphatic carbocycles. The molecule has 0 spiro atoms. The molecule has 2 atom stereocenters. The number of carboxylic acid groups (broad SMARTS) is 1. The van der Waals surface area contributed by atoms with Gasteiger partial charge in [-0.25, -0.2) is 0 Å². The van der Waals surface area contributed by atoms with Gasteiger partial charge < -0.3 is 10.4 Å². The van der Waals surface area contributed by atoms with Crippen molar-refractivity contribution in [3.8, 4) is 0 Å². The van der Waals surface area contributed by atoms with E-state index in [1.54, 1.807) is 0 Å². The highest BCUT2D eigenvalue weighted by Crippen LogP contribution is 2.22. The predicted octanol–water partition coefficient (Wildman–Crippen LogP) is 0.998. The maximum atomic E-state index is 11.9. The lowest BCUT2D eigenvalue weighted by Gasteiger charge is -2.14. The fourth-order valence-corrected chi connectivity index (χ4v) is 2.77. The van der Waals surface area contributed by atoms with Crippen LogP contribution in [-0.4, -0.2) is 48.1 Å². The minimum absolute atomic E-state index is 0.0378. The second kappa shape index (κ2) is 7.22. The summed E-state index contributed by atoms with van der Waals surface area (Å²) < 4.78 is 0. The molecular formula is C16H22N2O3. The van der Waals surface area contributed by atoms with Gasteiger partial charge in [-0.15, -0.1) is 0 Å². The first-order valence-corrected chi connectivity index (χ1v) is 7.32. The van der Waals surface area contributed by atoms with Crippen molar-refractivity contribution < 1.29 is 14.7 Å². The fraction of sp³-hybridized carbons (Fsp3) is 0.500. The third-order valence-corrected chi connectivity index (χ3v) is 3.95. The Morgan fingerprint density at radius 2 is 2.00 bits per heavy atom. The normalized spacial score (nSPS) is 22.1. The first-order valence-electron chi connectivity index (χ1n) is 7.32. The van der Waals surface area contributed by atoms with Crippen molar-refractivity contribution in [1.82, 2.24) is 10.2 Å². The van der Waals surface area contributed by atoms with Crippen molar-refractivity contribution in [3.05, 3.63) is 35.9 Å². The van der Waals surface area contributed by atoms with Crippen molar-refractivity contribution in [1.29, 1.82) is 0 Å². The Bertz CT molecular complexity index is 490. The molecule has 1 amide bonds. The van der Waals surface area contributed by atoms with Gasteiger partial charge in [-0.05, 0) is 17.9 Å². The Balaban J connectivity index is 1.69. The van der Waals surface area contributed by atoms with Crippen LogP contribution in [0.1, 0.15) is 12.5 Å². The van der Waals surface area contributed by atoms with Crippen LogP contribution < -0.4 is 5.32 Å². The van der Waals surface area contributed by atoms with Crippen LogP contribution in [0.3, 0.4) is 0 Å². The molecule has 1 aliphatic heterocycles. The zero-order valence-corrected chi connectivity index (χ0v) is 12.3. The third-order valence-electron chi connectivity index (χ3n) is 3.95. The standard InChI is InChI=1S/C16H22N2O3/c1-12-9-18(10-14(12)16(20)21)11-15(19)17-8-7-13-5-3-2-4-6-13/h2-6,12,14H,7-11H2,1H3,(H,17,19)(H,20,21)/t12-,14-/m1/s1. The summed E-state index contributed by atoms with van der Waals surface area (Å²) in [6.45, 7) is 3.94. The van der Waals surface area contributed by atoms with Crippen molar-refractivity contribution in [2.45, 2.75) is 13.3 Å². The van der Waals surface area contributed by atoms with Crippen LogP contribution in [0.15, 0.2) is 30.3 Å². The highest BCUT2D eigenvalue weighted by atomic mass is 16.4. The van der Waals surface area contributed by atoms with E-state index in [4.69, 9.17) is 5.11 Å². The molecule has 114 valence electrons. The molecule has 1 fully saturated rings. The number of carbonyl (C=O) groups excluding carboxylic acids is 1. The summed E-state index contributed by atoms with van der Waals surface area (Å²) in [6, 6.07) is 10.00. The van der Waals surface area contributed by atoms with Crippen LogP contribution in [0, 0.1) is 11.8 Å². The third kappa shape index (κ3) is 4.56. The molecule has 0 bridgehead atoms. The highest BCUT2D eigenvalue weighted by Gasteiger charge is 2.35. The molecule has 1 saturated heterocycles. The summed E-state index contributed by atoms with van der Waals surface area (Å²) in [5, 5.41) is 12.0. The van der Waals surface area contributed by atoms with Crippen LogP contribution in [0.2, 0.25) is 0 Å². The summed E-state index contributed by atoms with van der Waals surface area (Å²) in [5.74, 6) is -1.07. The van der Waals surface area contributed by atoms with Crippen LogP contribution in [0.4, 0.5) is 0 Å². The van der Waals surface area contributed by atoms with Gasteiger partial charge in [0.15, 0.2) is 0 Å². The molecule has 5 heteroatoms. The van der Waals surface area contributed by atoms with Crippen LogP contribution in [-0.2, 0) is 16.0 Å². The molecule has 5 nitrogen and oxygen atoms in total. The Kier molecular flexibility index (Phi) is 5.33. The number of rotatable bonds is 6. The minimum atomic E-state index is -0.769. The highest BCUT2D eigenvalue weighted by molar-refractivity contribution is 5.78. The second-order valence-corrected chi connectivity index (χ2v) is 5.70. The van der Waals surface area contributed by atoms with Crippen LogP contribution in [0.25, 0.3) is 0 Å². The van der Waals surface area contributed by atoms with Crippen LogP contribution in [0.5, 0.6) is 0 Å². The largest absolute Gasteiger partial charge is 0.481 e. The van der Waals surface area contributed by atoms with E-state index in [-0.39, 0.29) is 24.3 Å². The summed E-state index contributed by atoms with van der Waals surface area (Å²) in [5.41, 5.74) is 1.19. The molecule has 2 rings (SSSR count). The van der Waals surface area contributed by atoms with E-state index in [2.05, 4.69) is 5.32 Å². The summed E-state index contributed by atoms with van der Waals surface area (Å²) >= 11 is 0. The van der Waals surface area contributed by atoms with E-state index in [0.29, 0.717) is 19.6 Å². The van der Waals surface area contributed by atoms with Crippen molar-refractivity contribution in [3.63, 3.8) is 0 Å². The van der Waals surface area contributed by atoms with E-state index < -0.39 is 5.97 Å². The van der Waals surface area contributed by atoms with E-state index in [1.807, 2.05) is 42.2 Å². The monoisotopic (exact) mass is 290 g/mol. The summed E-state index contributed by atoms with van der Waals surface area (Å²) in [6.07, 6.45) is 0.806. The maximum absolute atomic E-state index is 11.9. The molecular weight excluding hydrogens is 268 g/mol. The number of likely N-dealkylation sites (tertiary alicyclic amines) is 1. The van der Waals surface area contributed by atoms with Crippen molar-refractivity contribution in [2.75, 3.05) is 26.2 Å². The van der Waals surface area contributed by atoms with Gasteiger partial charge in [0, 0.05) is 19.6 Å². The Labute approximate surface area is 125 Å². The van der Waals surface area contributed by atoms with Gasteiger partial charge in [0.1, 0.15) is 0 Å². The number of carboxylic acids is 1.